The van der Waals surface area contributed by atoms with E-state index >= 15 is 0 Å². The molecule has 2 atom stereocenters. The van der Waals surface area contributed by atoms with Crippen molar-refractivity contribution >= 4 is 35.2 Å². The normalized spacial score (nSPS) is 17.0. The van der Waals surface area contributed by atoms with Crippen LogP contribution in [0.4, 0.5) is 4.39 Å². The van der Waals surface area contributed by atoms with E-state index in [9.17, 15) is 14.0 Å². The zero-order chi connectivity index (χ0) is 20.3. The number of fused-ring (bicyclic) bond motifs is 1. The smallest absolute Gasteiger partial charge is 0.253 e. The van der Waals surface area contributed by atoms with Crippen LogP contribution >= 0.6 is 23.4 Å². The number of benzene rings is 2. The first kappa shape index (κ1) is 20.7. The van der Waals surface area contributed by atoms with Gasteiger partial charge in [0.05, 0.1) is 16.6 Å². The molecule has 0 saturated carbocycles. The van der Waals surface area contributed by atoms with Crippen LogP contribution in [0.5, 0.6) is 0 Å². The first-order valence-electron chi connectivity index (χ1n) is 9.15. The maximum atomic E-state index is 14.1. The molecule has 0 spiro atoms. The molecule has 0 radical (unpaired) electrons. The Morgan fingerprint density at radius 3 is 2.64 bits per heavy atom. The van der Waals surface area contributed by atoms with Gasteiger partial charge in [0.25, 0.3) is 5.91 Å². The van der Waals surface area contributed by atoms with E-state index < -0.39 is 11.9 Å². The lowest BCUT2D eigenvalue weighted by atomic mass is 9.99. The number of carbonyl (C=O) groups excluding carboxylic acids is 2. The Balaban J connectivity index is 1.75. The first-order chi connectivity index (χ1) is 13.4. The highest BCUT2D eigenvalue weighted by atomic mass is 35.5. The third-order valence-corrected chi connectivity index (χ3v) is 6.19. The number of rotatable bonds is 5. The van der Waals surface area contributed by atoms with Gasteiger partial charge in [-0.2, -0.15) is 0 Å². The zero-order valence-electron chi connectivity index (χ0n) is 15.7. The molecule has 0 saturated heterocycles. The molecule has 2 amide bonds. The number of carbonyl (C=O) groups is 2. The molecule has 28 heavy (non-hydrogen) atoms. The lowest BCUT2D eigenvalue weighted by Gasteiger charge is -2.29. The summed E-state index contributed by atoms with van der Waals surface area (Å²) in [5.41, 5.74) is 1.11. The molecule has 0 bridgehead atoms. The molecular formula is C21H22ClFN2O2S. The van der Waals surface area contributed by atoms with E-state index in [0.717, 1.165) is 11.3 Å². The monoisotopic (exact) mass is 420 g/mol. The van der Waals surface area contributed by atoms with Crippen LogP contribution in [0, 0.1) is 11.7 Å². The molecule has 1 aliphatic rings. The van der Waals surface area contributed by atoms with Crippen LogP contribution in [0.3, 0.4) is 0 Å². The third-order valence-electron chi connectivity index (χ3n) is 4.70. The SMILES string of the molecule is CC(C)C(NC(=O)c1ccccc1Cl)C(=O)NC1CCSc2c(F)cccc21. The summed E-state index contributed by atoms with van der Waals surface area (Å²) in [6.07, 6.45) is 0.704. The van der Waals surface area contributed by atoms with E-state index in [1.54, 1.807) is 30.3 Å². The number of thioether (sulfide) groups is 1. The number of amides is 2. The molecule has 3 rings (SSSR count). The molecule has 1 aliphatic heterocycles. The quantitative estimate of drug-likeness (QED) is 0.743. The molecule has 0 aliphatic carbocycles. The zero-order valence-corrected chi connectivity index (χ0v) is 17.2. The predicted octanol–water partition coefficient (Wildman–Crippen LogP) is 4.59. The van der Waals surface area contributed by atoms with Crippen LogP contribution in [-0.2, 0) is 4.79 Å². The number of nitrogens with one attached hydrogen (secondary N) is 2. The van der Waals surface area contributed by atoms with Gasteiger partial charge in [0.1, 0.15) is 11.9 Å². The highest BCUT2D eigenvalue weighted by Gasteiger charge is 2.30. The van der Waals surface area contributed by atoms with Crippen LogP contribution < -0.4 is 10.6 Å². The van der Waals surface area contributed by atoms with Crippen molar-refractivity contribution in [3.05, 3.63) is 64.4 Å². The minimum absolute atomic E-state index is 0.128. The standard InChI is InChI=1S/C21H22ClFN2O2S/c1-12(2)18(25-20(26)13-6-3-4-8-15(13)22)21(27)24-17-10-11-28-19-14(17)7-5-9-16(19)23/h3-9,12,17-18H,10-11H2,1-2H3,(H,24,27)(H,25,26). The van der Waals surface area contributed by atoms with Crippen LogP contribution in [0.25, 0.3) is 0 Å². The topological polar surface area (TPSA) is 58.2 Å². The highest BCUT2D eigenvalue weighted by molar-refractivity contribution is 7.99. The highest BCUT2D eigenvalue weighted by Crippen LogP contribution is 2.37. The summed E-state index contributed by atoms with van der Waals surface area (Å²) in [4.78, 5) is 26.1. The summed E-state index contributed by atoms with van der Waals surface area (Å²) in [7, 11) is 0. The van der Waals surface area contributed by atoms with Gasteiger partial charge in [-0.05, 0) is 36.1 Å². The maximum Gasteiger partial charge on any atom is 0.253 e. The lowest BCUT2D eigenvalue weighted by Crippen LogP contribution is -2.50. The van der Waals surface area contributed by atoms with Gasteiger partial charge in [-0.15, -0.1) is 11.8 Å². The Labute approximate surface area is 173 Å². The number of halogens is 2. The number of hydrogen-bond acceptors (Lipinski definition) is 3. The second-order valence-electron chi connectivity index (χ2n) is 7.03. The van der Waals surface area contributed by atoms with Crippen molar-refractivity contribution in [3.8, 4) is 0 Å². The van der Waals surface area contributed by atoms with Gasteiger partial charge in [0, 0.05) is 10.6 Å². The molecular weight excluding hydrogens is 399 g/mol. The summed E-state index contributed by atoms with van der Waals surface area (Å²) < 4.78 is 14.1. The van der Waals surface area contributed by atoms with E-state index in [4.69, 9.17) is 11.6 Å². The Kier molecular flexibility index (Phi) is 6.62. The Morgan fingerprint density at radius 1 is 1.18 bits per heavy atom. The van der Waals surface area contributed by atoms with Gasteiger partial charge in [0.15, 0.2) is 0 Å². The van der Waals surface area contributed by atoms with E-state index in [-0.39, 0.29) is 23.7 Å². The van der Waals surface area contributed by atoms with Crippen LogP contribution in [0.1, 0.15) is 42.2 Å². The fraction of sp³-hybridized carbons (Fsp3) is 0.333. The van der Waals surface area contributed by atoms with Crippen molar-refractivity contribution in [2.24, 2.45) is 5.92 Å². The molecule has 1 heterocycles. The van der Waals surface area contributed by atoms with Gasteiger partial charge >= 0.3 is 0 Å². The minimum atomic E-state index is -0.727. The van der Waals surface area contributed by atoms with Crippen molar-refractivity contribution in [2.45, 2.75) is 37.2 Å². The summed E-state index contributed by atoms with van der Waals surface area (Å²) in [6, 6.07) is 10.6. The third kappa shape index (κ3) is 4.50. The van der Waals surface area contributed by atoms with E-state index in [1.165, 1.54) is 17.8 Å². The fourth-order valence-electron chi connectivity index (χ4n) is 3.20. The molecule has 7 heteroatoms. The number of hydrogen-bond donors (Lipinski definition) is 2. The Bertz CT molecular complexity index is 890. The first-order valence-corrected chi connectivity index (χ1v) is 10.5. The molecule has 0 fully saturated rings. The van der Waals surface area contributed by atoms with Crippen molar-refractivity contribution < 1.29 is 14.0 Å². The summed E-state index contributed by atoms with van der Waals surface area (Å²) in [5.74, 6) is -0.366. The Hall–Kier alpha value is -2.05. The summed E-state index contributed by atoms with van der Waals surface area (Å²) >= 11 is 7.55. The van der Waals surface area contributed by atoms with Gasteiger partial charge in [0.2, 0.25) is 5.91 Å². The molecule has 2 N–H and O–H groups in total. The van der Waals surface area contributed by atoms with Crippen molar-refractivity contribution in [2.75, 3.05) is 5.75 Å². The average molecular weight is 421 g/mol. The van der Waals surface area contributed by atoms with Gasteiger partial charge in [-0.25, -0.2) is 4.39 Å². The second-order valence-corrected chi connectivity index (χ2v) is 8.54. The summed E-state index contributed by atoms with van der Waals surface area (Å²) in [5, 5.41) is 6.10. The molecule has 148 valence electrons. The molecule has 0 aromatic heterocycles. The van der Waals surface area contributed by atoms with E-state index in [0.29, 0.717) is 21.9 Å². The largest absolute Gasteiger partial charge is 0.347 e. The van der Waals surface area contributed by atoms with Crippen LogP contribution in [0.15, 0.2) is 47.4 Å². The Morgan fingerprint density at radius 2 is 1.93 bits per heavy atom. The van der Waals surface area contributed by atoms with E-state index in [2.05, 4.69) is 10.6 Å². The molecule has 2 aromatic carbocycles. The van der Waals surface area contributed by atoms with Crippen LogP contribution in [-0.4, -0.2) is 23.6 Å². The lowest BCUT2D eigenvalue weighted by molar-refractivity contribution is -0.124. The van der Waals surface area contributed by atoms with Gasteiger partial charge < -0.3 is 10.6 Å². The average Bonchev–Trinajstić information content (AvgIpc) is 2.66. The van der Waals surface area contributed by atoms with Crippen molar-refractivity contribution in [1.29, 1.82) is 0 Å². The van der Waals surface area contributed by atoms with Gasteiger partial charge in [-0.1, -0.05) is 49.7 Å². The van der Waals surface area contributed by atoms with E-state index in [1.807, 2.05) is 19.9 Å². The maximum absolute atomic E-state index is 14.1. The second kappa shape index (κ2) is 8.97. The van der Waals surface area contributed by atoms with Gasteiger partial charge in [-0.3, -0.25) is 9.59 Å². The summed E-state index contributed by atoms with van der Waals surface area (Å²) in [6.45, 7) is 3.73. The fourth-order valence-corrected chi connectivity index (χ4v) is 4.56. The molecule has 4 nitrogen and oxygen atoms in total. The predicted molar refractivity (Wildman–Crippen MR) is 110 cm³/mol. The minimum Gasteiger partial charge on any atom is -0.347 e. The van der Waals surface area contributed by atoms with Crippen molar-refractivity contribution in [1.82, 2.24) is 10.6 Å². The van der Waals surface area contributed by atoms with Crippen molar-refractivity contribution in [3.63, 3.8) is 0 Å². The molecule has 2 aromatic rings. The van der Waals surface area contributed by atoms with Crippen LogP contribution in [0.2, 0.25) is 5.02 Å². The molecule has 2 unspecified atom stereocenters.